The van der Waals surface area contributed by atoms with Gasteiger partial charge in [0.1, 0.15) is 0 Å². The molecule has 0 amide bonds. The van der Waals surface area contributed by atoms with Crippen LogP contribution in [0.25, 0.3) is 5.69 Å². The van der Waals surface area contributed by atoms with Crippen LogP contribution >= 0.6 is 0 Å². The van der Waals surface area contributed by atoms with Gasteiger partial charge >= 0.3 is 0 Å². The van der Waals surface area contributed by atoms with Crippen molar-refractivity contribution in [1.82, 2.24) is 14.8 Å². The van der Waals surface area contributed by atoms with Crippen molar-refractivity contribution in [3.63, 3.8) is 0 Å². The molecule has 0 bridgehead atoms. The average Bonchev–Trinajstić information content (AvgIpc) is 3.02. The van der Waals surface area contributed by atoms with Crippen molar-refractivity contribution in [2.45, 2.75) is 13.3 Å². The molecule has 28 heavy (non-hydrogen) atoms. The Kier molecular flexibility index (Phi) is 4.97. The molecule has 0 aliphatic rings. The van der Waals surface area contributed by atoms with Gasteiger partial charge in [-0.1, -0.05) is 30.3 Å². The first-order valence-electron chi connectivity index (χ1n) is 9.09. The lowest BCUT2D eigenvalue weighted by Gasteiger charge is -2.02. The maximum Gasteiger partial charge on any atom is 0.280 e. The summed E-state index contributed by atoms with van der Waals surface area (Å²) in [5.41, 5.74) is 5.27. The highest BCUT2D eigenvalue weighted by Gasteiger charge is 2.10. The first-order chi connectivity index (χ1) is 13.7. The zero-order chi connectivity index (χ0) is 19.3. The monoisotopic (exact) mass is 368 g/mol. The Balaban J connectivity index is 1.53. The molecule has 4 rings (SSSR count). The zero-order valence-corrected chi connectivity index (χ0v) is 15.5. The van der Waals surface area contributed by atoms with E-state index in [1.807, 2.05) is 61.5 Å². The summed E-state index contributed by atoms with van der Waals surface area (Å²) < 4.78 is 1.54. The molecule has 2 aromatic heterocycles. The number of aliphatic imine (C=N–C) groups is 1. The van der Waals surface area contributed by atoms with Crippen molar-refractivity contribution < 1.29 is 0 Å². The third-order valence-corrected chi connectivity index (χ3v) is 4.57. The molecule has 0 radical (unpaired) electrons. The fraction of sp³-hybridized carbons (Fsp3) is 0.0870. The molecule has 4 aromatic rings. The molecule has 1 N–H and O–H groups in total. The molecule has 0 saturated heterocycles. The number of nitrogens with one attached hydrogen (secondary N) is 1. The topological polar surface area (TPSA) is 63.0 Å². The van der Waals surface area contributed by atoms with Crippen molar-refractivity contribution in [1.29, 1.82) is 0 Å². The van der Waals surface area contributed by atoms with Crippen molar-refractivity contribution in [2.75, 3.05) is 0 Å². The van der Waals surface area contributed by atoms with Crippen molar-refractivity contribution in [3.8, 4) is 5.69 Å². The summed E-state index contributed by atoms with van der Waals surface area (Å²) >= 11 is 0. The van der Waals surface area contributed by atoms with E-state index >= 15 is 0 Å². The normalized spacial score (nSPS) is 11.2. The van der Waals surface area contributed by atoms with Gasteiger partial charge in [0.15, 0.2) is 0 Å². The minimum Gasteiger partial charge on any atom is -0.295 e. The van der Waals surface area contributed by atoms with E-state index < -0.39 is 0 Å². The fourth-order valence-corrected chi connectivity index (χ4v) is 3.05. The van der Waals surface area contributed by atoms with E-state index in [4.69, 9.17) is 0 Å². The van der Waals surface area contributed by atoms with Gasteiger partial charge in [0, 0.05) is 24.3 Å². The fourth-order valence-electron chi connectivity index (χ4n) is 3.05. The van der Waals surface area contributed by atoms with E-state index in [1.165, 1.54) is 15.8 Å². The molecule has 0 aliphatic heterocycles. The maximum absolute atomic E-state index is 12.7. The van der Waals surface area contributed by atoms with Gasteiger partial charge in [-0.2, -0.15) is 0 Å². The Labute approximate surface area is 163 Å². The second-order valence-corrected chi connectivity index (χ2v) is 6.58. The van der Waals surface area contributed by atoms with Gasteiger partial charge in [-0.05, 0) is 60.9 Å². The van der Waals surface area contributed by atoms with Crippen LogP contribution in [0, 0.1) is 6.92 Å². The second kappa shape index (κ2) is 7.88. The van der Waals surface area contributed by atoms with Crippen LogP contribution in [0.4, 0.5) is 5.69 Å². The SMILES string of the molecule is Cc1[nH]n(-c2ccccc2)c(=O)c1C=Nc1ccc(Cc2ccncc2)cc1. The second-order valence-electron chi connectivity index (χ2n) is 6.58. The van der Waals surface area contributed by atoms with E-state index in [2.05, 4.69) is 27.2 Å². The number of hydrogen-bond donors (Lipinski definition) is 1. The third-order valence-electron chi connectivity index (χ3n) is 4.57. The van der Waals surface area contributed by atoms with E-state index in [0.717, 1.165) is 23.5 Å². The van der Waals surface area contributed by atoms with Crippen molar-refractivity contribution in [3.05, 3.63) is 112 Å². The molecule has 138 valence electrons. The Bertz CT molecular complexity index is 1140. The molecule has 0 aliphatic carbocycles. The van der Waals surface area contributed by atoms with Gasteiger partial charge in [-0.15, -0.1) is 0 Å². The number of benzene rings is 2. The third kappa shape index (κ3) is 3.83. The minimum absolute atomic E-state index is 0.109. The summed E-state index contributed by atoms with van der Waals surface area (Å²) in [4.78, 5) is 21.2. The molecule has 0 saturated carbocycles. The van der Waals surface area contributed by atoms with Crippen LogP contribution in [0.2, 0.25) is 0 Å². The van der Waals surface area contributed by atoms with Gasteiger partial charge in [0.25, 0.3) is 5.56 Å². The number of aromatic amines is 1. The maximum atomic E-state index is 12.7. The van der Waals surface area contributed by atoms with E-state index in [-0.39, 0.29) is 5.56 Å². The Morgan fingerprint density at radius 1 is 0.964 bits per heavy atom. The van der Waals surface area contributed by atoms with Crippen LogP contribution in [0.5, 0.6) is 0 Å². The molecule has 0 fully saturated rings. The van der Waals surface area contributed by atoms with E-state index in [0.29, 0.717) is 5.56 Å². The van der Waals surface area contributed by atoms with Gasteiger partial charge in [0.05, 0.1) is 16.9 Å². The molecular formula is C23H20N4O. The summed E-state index contributed by atoms with van der Waals surface area (Å²) in [5.74, 6) is 0. The van der Waals surface area contributed by atoms with Gasteiger partial charge in [0.2, 0.25) is 0 Å². The number of H-pyrrole nitrogens is 1. The largest absolute Gasteiger partial charge is 0.295 e. The summed E-state index contributed by atoms with van der Waals surface area (Å²) in [6, 6.07) is 21.6. The Morgan fingerprint density at radius 3 is 2.36 bits per heavy atom. The zero-order valence-electron chi connectivity index (χ0n) is 15.5. The van der Waals surface area contributed by atoms with Crippen LogP contribution in [-0.2, 0) is 6.42 Å². The van der Waals surface area contributed by atoms with Gasteiger partial charge < -0.3 is 0 Å². The number of hydrogen-bond acceptors (Lipinski definition) is 3. The molecule has 0 atom stereocenters. The molecule has 5 nitrogen and oxygen atoms in total. The van der Waals surface area contributed by atoms with Crippen LogP contribution < -0.4 is 5.56 Å². The van der Waals surface area contributed by atoms with Crippen LogP contribution in [0.3, 0.4) is 0 Å². The summed E-state index contributed by atoms with van der Waals surface area (Å²) in [7, 11) is 0. The number of nitrogens with zero attached hydrogens (tertiary/aromatic N) is 3. The lowest BCUT2D eigenvalue weighted by molar-refractivity contribution is 0.835. The quantitative estimate of drug-likeness (QED) is 0.536. The number of rotatable bonds is 5. The van der Waals surface area contributed by atoms with E-state index in [1.54, 1.807) is 18.6 Å². The first kappa shape index (κ1) is 17.7. The molecule has 0 spiro atoms. The van der Waals surface area contributed by atoms with Crippen LogP contribution in [0.1, 0.15) is 22.4 Å². The summed E-state index contributed by atoms with van der Waals surface area (Å²) in [6.07, 6.45) is 6.08. The van der Waals surface area contributed by atoms with Crippen molar-refractivity contribution >= 4 is 11.9 Å². The number of pyridine rings is 1. The summed E-state index contributed by atoms with van der Waals surface area (Å²) in [5, 5.41) is 3.11. The molecule has 5 heteroatoms. The van der Waals surface area contributed by atoms with E-state index in [9.17, 15) is 4.79 Å². The lowest BCUT2D eigenvalue weighted by atomic mass is 10.1. The standard InChI is InChI=1S/C23H20N4O/c1-17-22(23(28)27(26-17)21-5-3-2-4-6-21)16-25-20-9-7-18(8-10-20)15-19-11-13-24-14-12-19/h2-14,16,26H,15H2,1H3. The number of aromatic nitrogens is 3. The smallest absolute Gasteiger partial charge is 0.280 e. The molecule has 2 heterocycles. The van der Waals surface area contributed by atoms with Crippen LogP contribution in [0.15, 0.2) is 88.9 Å². The lowest BCUT2D eigenvalue weighted by Crippen LogP contribution is -2.17. The Hall–Kier alpha value is -3.73. The van der Waals surface area contributed by atoms with Crippen molar-refractivity contribution in [2.24, 2.45) is 4.99 Å². The average molecular weight is 368 g/mol. The predicted molar refractivity (Wildman–Crippen MR) is 112 cm³/mol. The molecule has 0 unspecified atom stereocenters. The highest BCUT2D eigenvalue weighted by molar-refractivity contribution is 5.83. The summed E-state index contributed by atoms with van der Waals surface area (Å²) in [6.45, 7) is 1.88. The Morgan fingerprint density at radius 2 is 1.64 bits per heavy atom. The van der Waals surface area contributed by atoms with Gasteiger partial charge in [-0.3, -0.25) is 19.9 Å². The molecular weight excluding hydrogens is 348 g/mol. The van der Waals surface area contributed by atoms with Gasteiger partial charge in [-0.25, -0.2) is 4.68 Å². The molecule has 2 aromatic carbocycles. The predicted octanol–water partition coefficient (Wildman–Crippen LogP) is 4.21. The number of para-hydroxylation sites is 1. The highest BCUT2D eigenvalue weighted by atomic mass is 16.1. The highest BCUT2D eigenvalue weighted by Crippen LogP contribution is 2.16. The first-order valence-corrected chi connectivity index (χ1v) is 9.09. The minimum atomic E-state index is -0.109. The number of aryl methyl sites for hydroxylation is 1. The van der Waals surface area contributed by atoms with Crippen LogP contribution in [-0.4, -0.2) is 21.0 Å².